The first-order valence-electron chi connectivity index (χ1n) is 5.75. The Balaban J connectivity index is 2.68. The molecule has 0 spiro atoms. The van der Waals surface area contributed by atoms with E-state index in [1.165, 1.54) is 6.07 Å². The smallest absolute Gasteiger partial charge is 0.358 e. The largest absolute Gasteiger partial charge is 0.429 e. The minimum Gasteiger partial charge on any atom is -0.358 e. The minimum absolute atomic E-state index is 0.00648. The lowest BCUT2D eigenvalue weighted by atomic mass is 10.0. The van der Waals surface area contributed by atoms with Gasteiger partial charge in [0.1, 0.15) is 0 Å². The van der Waals surface area contributed by atoms with E-state index in [1.54, 1.807) is 18.2 Å². The van der Waals surface area contributed by atoms with Gasteiger partial charge in [0.2, 0.25) is 9.84 Å². The van der Waals surface area contributed by atoms with E-state index in [0.717, 1.165) is 0 Å². The predicted octanol–water partition coefficient (Wildman–Crippen LogP) is 1.67. The van der Waals surface area contributed by atoms with E-state index in [-0.39, 0.29) is 10.8 Å². The van der Waals surface area contributed by atoms with Crippen molar-refractivity contribution >= 4 is 15.7 Å². The number of hydrogen-bond acceptors (Lipinski definition) is 6. The van der Waals surface area contributed by atoms with Crippen LogP contribution in [0.3, 0.4) is 0 Å². The maximum absolute atomic E-state index is 12.5. The SMILES string of the molecule is CC(C)c1ccccc1S(=O)(=O)c1n[nH]nc1[N+](=O)[O-]. The van der Waals surface area contributed by atoms with E-state index in [4.69, 9.17) is 0 Å². The molecule has 0 saturated heterocycles. The topological polar surface area (TPSA) is 119 Å². The molecule has 2 rings (SSSR count). The number of nitrogens with one attached hydrogen (secondary N) is 1. The summed E-state index contributed by atoms with van der Waals surface area (Å²) in [6.07, 6.45) is 0. The van der Waals surface area contributed by atoms with Crippen LogP contribution in [-0.2, 0) is 9.84 Å². The molecular weight excluding hydrogens is 284 g/mol. The summed E-state index contributed by atoms with van der Waals surface area (Å²) in [6.45, 7) is 3.68. The average Bonchev–Trinajstić information content (AvgIpc) is 2.88. The molecule has 0 amide bonds. The molecule has 9 heteroatoms. The lowest BCUT2D eigenvalue weighted by Crippen LogP contribution is -2.09. The van der Waals surface area contributed by atoms with Crippen LogP contribution in [0, 0.1) is 10.1 Å². The zero-order chi connectivity index (χ0) is 14.9. The number of aromatic nitrogens is 3. The third-order valence-corrected chi connectivity index (χ3v) is 4.49. The van der Waals surface area contributed by atoms with Crippen molar-refractivity contribution in [1.82, 2.24) is 15.4 Å². The van der Waals surface area contributed by atoms with Crippen LogP contribution in [0.25, 0.3) is 0 Å². The van der Waals surface area contributed by atoms with Crippen molar-refractivity contribution in [2.45, 2.75) is 29.7 Å². The van der Waals surface area contributed by atoms with Crippen molar-refractivity contribution < 1.29 is 13.3 Å². The van der Waals surface area contributed by atoms with Gasteiger partial charge in [-0.15, -0.1) is 10.3 Å². The minimum atomic E-state index is -4.09. The first kappa shape index (κ1) is 14.1. The molecule has 0 bridgehead atoms. The van der Waals surface area contributed by atoms with E-state index >= 15 is 0 Å². The molecule has 106 valence electrons. The first-order chi connectivity index (χ1) is 9.35. The lowest BCUT2D eigenvalue weighted by molar-refractivity contribution is -0.392. The Kier molecular flexibility index (Phi) is 3.53. The van der Waals surface area contributed by atoms with Gasteiger partial charge < -0.3 is 10.1 Å². The summed E-state index contributed by atoms with van der Waals surface area (Å²) >= 11 is 0. The average molecular weight is 296 g/mol. The van der Waals surface area contributed by atoms with Gasteiger partial charge in [0, 0.05) is 0 Å². The highest BCUT2D eigenvalue weighted by molar-refractivity contribution is 7.91. The van der Waals surface area contributed by atoms with Crippen molar-refractivity contribution in [3.8, 4) is 0 Å². The molecule has 1 aromatic heterocycles. The molecule has 0 atom stereocenters. The second-order valence-electron chi connectivity index (χ2n) is 4.41. The molecule has 2 aromatic rings. The Morgan fingerprint density at radius 3 is 2.50 bits per heavy atom. The molecule has 1 heterocycles. The van der Waals surface area contributed by atoms with Gasteiger partial charge >= 0.3 is 5.82 Å². The van der Waals surface area contributed by atoms with Crippen LogP contribution in [0.1, 0.15) is 25.3 Å². The van der Waals surface area contributed by atoms with Crippen LogP contribution in [0.15, 0.2) is 34.2 Å². The standard InChI is InChI=1S/C11H12N4O4S/c1-7(2)8-5-3-4-6-9(8)20(18,19)11-10(15(16)17)12-14-13-11/h3-7H,1-2H3,(H,12,13,14). The quantitative estimate of drug-likeness (QED) is 0.677. The van der Waals surface area contributed by atoms with Crippen LogP contribution < -0.4 is 0 Å². The molecule has 0 unspecified atom stereocenters. The van der Waals surface area contributed by atoms with Gasteiger partial charge in [0.05, 0.1) is 9.99 Å². The van der Waals surface area contributed by atoms with Gasteiger partial charge in [0.25, 0.3) is 5.03 Å². The van der Waals surface area contributed by atoms with Crippen molar-refractivity contribution in [3.05, 3.63) is 39.9 Å². The zero-order valence-electron chi connectivity index (χ0n) is 10.8. The van der Waals surface area contributed by atoms with Gasteiger partial charge in [0.15, 0.2) is 0 Å². The van der Waals surface area contributed by atoms with Crippen molar-refractivity contribution in [2.24, 2.45) is 0 Å². The Labute approximate surface area is 114 Å². The number of benzene rings is 1. The maximum Gasteiger partial charge on any atom is 0.429 e. The van der Waals surface area contributed by atoms with E-state index in [1.807, 2.05) is 19.1 Å². The third-order valence-electron chi connectivity index (χ3n) is 2.76. The molecule has 0 aliphatic rings. The molecule has 0 radical (unpaired) electrons. The molecule has 0 aliphatic carbocycles. The molecule has 0 fully saturated rings. The van der Waals surface area contributed by atoms with E-state index in [9.17, 15) is 18.5 Å². The normalized spacial score (nSPS) is 11.8. The van der Waals surface area contributed by atoms with Gasteiger partial charge in [-0.1, -0.05) is 32.0 Å². The number of nitrogens with zero attached hydrogens (tertiary/aromatic N) is 3. The van der Waals surface area contributed by atoms with Gasteiger partial charge in [-0.25, -0.2) is 8.42 Å². The third kappa shape index (κ3) is 2.27. The Morgan fingerprint density at radius 2 is 1.90 bits per heavy atom. The van der Waals surface area contributed by atoms with E-state index < -0.39 is 25.6 Å². The van der Waals surface area contributed by atoms with Crippen molar-refractivity contribution in [3.63, 3.8) is 0 Å². The van der Waals surface area contributed by atoms with Crippen LogP contribution in [0.4, 0.5) is 5.82 Å². The van der Waals surface area contributed by atoms with Crippen molar-refractivity contribution in [2.75, 3.05) is 0 Å². The fraction of sp³-hybridized carbons (Fsp3) is 0.273. The summed E-state index contributed by atoms with van der Waals surface area (Å²) < 4.78 is 25.0. The number of H-pyrrole nitrogens is 1. The van der Waals surface area contributed by atoms with Crippen LogP contribution in [-0.4, -0.2) is 28.8 Å². The van der Waals surface area contributed by atoms with Crippen LogP contribution >= 0.6 is 0 Å². The highest BCUT2D eigenvalue weighted by atomic mass is 32.2. The van der Waals surface area contributed by atoms with Gasteiger partial charge in [-0.3, -0.25) is 0 Å². The molecule has 20 heavy (non-hydrogen) atoms. The number of nitro groups is 1. The van der Waals surface area contributed by atoms with Crippen LogP contribution in [0.2, 0.25) is 0 Å². The monoisotopic (exact) mass is 296 g/mol. The summed E-state index contributed by atoms with van der Waals surface area (Å²) in [4.78, 5) is 9.92. The maximum atomic E-state index is 12.5. The Morgan fingerprint density at radius 1 is 1.25 bits per heavy atom. The van der Waals surface area contributed by atoms with Crippen LogP contribution in [0.5, 0.6) is 0 Å². The number of hydrogen-bond donors (Lipinski definition) is 1. The summed E-state index contributed by atoms with van der Waals surface area (Å²) in [5.41, 5.74) is 0.574. The second-order valence-corrected chi connectivity index (χ2v) is 6.24. The number of sulfone groups is 1. The summed E-state index contributed by atoms with van der Waals surface area (Å²) in [5, 5.41) is 18.8. The summed E-state index contributed by atoms with van der Waals surface area (Å²) in [6, 6.07) is 6.35. The number of rotatable bonds is 4. The lowest BCUT2D eigenvalue weighted by Gasteiger charge is -2.11. The Bertz CT molecular complexity index is 751. The molecule has 0 saturated carbocycles. The number of aromatic amines is 1. The van der Waals surface area contributed by atoms with E-state index in [2.05, 4.69) is 10.2 Å². The summed E-state index contributed by atoms with van der Waals surface area (Å²) in [7, 11) is -4.09. The second kappa shape index (κ2) is 5.00. The molecule has 0 aliphatic heterocycles. The zero-order valence-corrected chi connectivity index (χ0v) is 11.6. The molecule has 1 N–H and O–H groups in total. The fourth-order valence-corrected chi connectivity index (χ4v) is 3.42. The fourth-order valence-electron chi connectivity index (χ4n) is 1.82. The van der Waals surface area contributed by atoms with E-state index in [0.29, 0.717) is 5.56 Å². The summed E-state index contributed by atoms with van der Waals surface area (Å²) in [5.74, 6) is -0.851. The molecule has 1 aromatic carbocycles. The van der Waals surface area contributed by atoms with Gasteiger partial charge in [-0.2, -0.15) is 0 Å². The highest BCUT2D eigenvalue weighted by Crippen LogP contribution is 2.30. The van der Waals surface area contributed by atoms with Gasteiger partial charge in [-0.05, 0) is 22.5 Å². The molecular formula is C11H12N4O4S. The highest BCUT2D eigenvalue weighted by Gasteiger charge is 2.34. The Hall–Kier alpha value is -2.29. The first-order valence-corrected chi connectivity index (χ1v) is 7.23. The predicted molar refractivity (Wildman–Crippen MR) is 69.0 cm³/mol. The van der Waals surface area contributed by atoms with Crippen molar-refractivity contribution in [1.29, 1.82) is 0 Å². The molecule has 8 nitrogen and oxygen atoms in total.